The number of benzene rings is 1. The second-order valence-corrected chi connectivity index (χ2v) is 9.82. The van der Waals surface area contributed by atoms with Crippen molar-refractivity contribution in [3.8, 4) is 11.3 Å². The van der Waals surface area contributed by atoms with E-state index in [1.165, 1.54) is 6.26 Å². The fourth-order valence-electron chi connectivity index (χ4n) is 2.36. The minimum atomic E-state index is -3.20. The summed E-state index contributed by atoms with van der Waals surface area (Å²) in [6, 6.07) is 10.0. The van der Waals surface area contributed by atoms with Crippen molar-refractivity contribution in [1.82, 2.24) is 20.2 Å². The van der Waals surface area contributed by atoms with Crippen LogP contribution in [0.5, 0.6) is 0 Å². The van der Waals surface area contributed by atoms with Crippen LogP contribution in [0.4, 0.5) is 0 Å². The fraction of sp³-hybridized carbons (Fsp3) is 0.474. The summed E-state index contributed by atoms with van der Waals surface area (Å²) in [5.41, 5.74) is 2.04. The number of rotatable bonds is 7. The van der Waals surface area contributed by atoms with Gasteiger partial charge in [-0.1, -0.05) is 30.3 Å². The van der Waals surface area contributed by atoms with Gasteiger partial charge in [-0.15, -0.1) is 24.0 Å². The van der Waals surface area contributed by atoms with Crippen molar-refractivity contribution in [2.75, 3.05) is 26.4 Å². The van der Waals surface area contributed by atoms with E-state index in [0.29, 0.717) is 19.0 Å². The monoisotopic (exact) mass is 519 g/mol. The summed E-state index contributed by atoms with van der Waals surface area (Å²) in [7, 11) is -1.29. The van der Waals surface area contributed by atoms with Gasteiger partial charge in [0.05, 0.1) is 29.7 Å². The third-order valence-corrected chi connectivity index (χ3v) is 6.55. The predicted octanol–water partition coefficient (Wildman–Crippen LogP) is 2.92. The number of aliphatic imine (C=N–C) groups is 1. The smallest absolute Gasteiger partial charge is 0.194 e. The molecule has 2 aromatic rings. The van der Waals surface area contributed by atoms with Gasteiger partial charge >= 0.3 is 0 Å². The molecular formula is C19H30IN5O2S. The van der Waals surface area contributed by atoms with Gasteiger partial charge in [0.25, 0.3) is 0 Å². The van der Waals surface area contributed by atoms with Crippen LogP contribution < -0.4 is 5.32 Å². The van der Waals surface area contributed by atoms with Crippen LogP contribution in [0.15, 0.2) is 41.5 Å². The lowest BCUT2D eigenvalue weighted by atomic mass is 10.2. The lowest BCUT2D eigenvalue weighted by molar-refractivity contribution is 0.461. The molecular weight excluding hydrogens is 489 g/mol. The summed E-state index contributed by atoms with van der Waals surface area (Å²) in [6.07, 6.45) is 3.06. The molecule has 0 radical (unpaired) electrons. The number of nitrogens with zero attached hydrogens (tertiary/aromatic N) is 3. The van der Waals surface area contributed by atoms with Crippen molar-refractivity contribution in [1.29, 1.82) is 0 Å². The first-order valence-electron chi connectivity index (χ1n) is 8.92. The molecule has 9 heteroatoms. The summed E-state index contributed by atoms with van der Waals surface area (Å²) in [6.45, 7) is 6.76. The van der Waals surface area contributed by atoms with Crippen LogP contribution in [0.3, 0.4) is 0 Å². The molecule has 0 unspecified atom stereocenters. The number of hydrogen-bond acceptors (Lipinski definition) is 4. The Morgan fingerprint density at radius 2 is 1.93 bits per heavy atom. The van der Waals surface area contributed by atoms with Crippen LogP contribution in [0.2, 0.25) is 0 Å². The van der Waals surface area contributed by atoms with Crippen molar-refractivity contribution in [2.45, 2.75) is 32.1 Å². The molecule has 0 amide bonds. The van der Waals surface area contributed by atoms with Gasteiger partial charge in [-0.2, -0.15) is 0 Å². The zero-order chi connectivity index (χ0) is 20.1. The third-order valence-electron chi connectivity index (χ3n) is 4.41. The normalized spacial score (nSPS) is 12.4. The molecule has 28 heavy (non-hydrogen) atoms. The van der Waals surface area contributed by atoms with Crippen LogP contribution in [-0.4, -0.2) is 60.4 Å². The molecule has 156 valence electrons. The molecule has 0 saturated carbocycles. The molecule has 0 spiro atoms. The molecule has 7 nitrogen and oxygen atoms in total. The average Bonchev–Trinajstić information content (AvgIpc) is 3.06. The summed E-state index contributed by atoms with van der Waals surface area (Å²) in [4.78, 5) is 14.2. The third kappa shape index (κ3) is 6.47. The zero-order valence-electron chi connectivity index (χ0n) is 17.1. The second kappa shape index (κ2) is 10.2. The van der Waals surface area contributed by atoms with Gasteiger partial charge in [-0.25, -0.2) is 13.4 Å². The SMILES string of the molecule is CCNC(=NCC(C)(C)S(C)(=O)=O)N(C)Cc1ncc(-c2ccccc2)[nH]1.I. The maximum Gasteiger partial charge on any atom is 0.194 e. The van der Waals surface area contributed by atoms with Gasteiger partial charge in [-0.05, 0) is 26.3 Å². The summed E-state index contributed by atoms with van der Waals surface area (Å²) in [5, 5.41) is 3.20. The number of aromatic nitrogens is 2. The maximum atomic E-state index is 11.9. The lowest BCUT2D eigenvalue weighted by Crippen LogP contribution is -2.41. The Kier molecular flexibility index (Phi) is 8.93. The minimum absolute atomic E-state index is 0. The standard InChI is InChI=1S/C19H29N5O2S.HI/c1-6-20-18(22-14-19(2,3)27(5,25)26)24(4)13-17-21-12-16(23-17)15-10-8-7-9-11-15;/h7-12H,6,13-14H2,1-5H3,(H,20,22)(H,21,23);1H. The number of halogens is 1. The molecule has 0 bridgehead atoms. The number of imidazole rings is 1. The molecule has 2 N–H and O–H groups in total. The molecule has 1 aromatic heterocycles. The number of aromatic amines is 1. The molecule has 0 saturated heterocycles. The Hall–Kier alpha value is -1.62. The Morgan fingerprint density at radius 1 is 1.29 bits per heavy atom. The molecule has 1 aromatic carbocycles. The molecule has 0 aliphatic heterocycles. The van der Waals surface area contributed by atoms with E-state index in [4.69, 9.17) is 0 Å². The Bertz CT molecular complexity index is 879. The van der Waals surface area contributed by atoms with Crippen LogP contribution in [0.1, 0.15) is 26.6 Å². The van der Waals surface area contributed by atoms with Crippen LogP contribution in [0.25, 0.3) is 11.3 Å². The fourth-order valence-corrected chi connectivity index (χ4v) is 2.66. The summed E-state index contributed by atoms with van der Waals surface area (Å²) in [5.74, 6) is 1.45. The van der Waals surface area contributed by atoms with Crippen molar-refractivity contribution in [3.05, 3.63) is 42.4 Å². The first-order valence-corrected chi connectivity index (χ1v) is 10.8. The number of H-pyrrole nitrogens is 1. The lowest BCUT2D eigenvalue weighted by Gasteiger charge is -2.24. The average molecular weight is 519 g/mol. The van der Waals surface area contributed by atoms with E-state index >= 15 is 0 Å². The van der Waals surface area contributed by atoms with Gasteiger partial charge in [0.15, 0.2) is 15.8 Å². The Morgan fingerprint density at radius 3 is 2.50 bits per heavy atom. The Balaban J connectivity index is 0.00000392. The van der Waals surface area contributed by atoms with Gasteiger partial charge in [0, 0.05) is 19.8 Å². The molecule has 2 rings (SSSR count). The first kappa shape index (κ1) is 24.4. The van der Waals surface area contributed by atoms with Crippen LogP contribution in [0, 0.1) is 0 Å². The van der Waals surface area contributed by atoms with Crippen LogP contribution in [-0.2, 0) is 16.4 Å². The number of guanidine groups is 1. The molecule has 1 heterocycles. The maximum absolute atomic E-state index is 11.9. The topological polar surface area (TPSA) is 90.4 Å². The number of sulfone groups is 1. The molecule has 0 aliphatic rings. The predicted molar refractivity (Wildman–Crippen MR) is 126 cm³/mol. The minimum Gasteiger partial charge on any atom is -0.357 e. The largest absolute Gasteiger partial charge is 0.357 e. The highest BCUT2D eigenvalue weighted by Crippen LogP contribution is 2.17. The number of hydrogen-bond donors (Lipinski definition) is 2. The Labute approximate surface area is 185 Å². The van der Waals surface area contributed by atoms with E-state index in [2.05, 4.69) is 20.3 Å². The van der Waals surface area contributed by atoms with E-state index < -0.39 is 14.6 Å². The van der Waals surface area contributed by atoms with E-state index in [-0.39, 0.29) is 30.5 Å². The van der Waals surface area contributed by atoms with Crippen molar-refractivity contribution in [2.24, 2.45) is 4.99 Å². The highest BCUT2D eigenvalue weighted by Gasteiger charge is 2.30. The summed E-state index contributed by atoms with van der Waals surface area (Å²) >= 11 is 0. The summed E-state index contributed by atoms with van der Waals surface area (Å²) < 4.78 is 22.9. The molecule has 0 atom stereocenters. The highest BCUT2D eigenvalue weighted by molar-refractivity contribution is 14.0. The van der Waals surface area contributed by atoms with E-state index in [1.807, 2.05) is 55.4 Å². The van der Waals surface area contributed by atoms with Crippen molar-refractivity contribution in [3.63, 3.8) is 0 Å². The highest BCUT2D eigenvalue weighted by atomic mass is 127. The van der Waals surface area contributed by atoms with E-state index in [1.54, 1.807) is 13.8 Å². The second-order valence-electron chi connectivity index (χ2n) is 7.17. The number of nitrogens with one attached hydrogen (secondary N) is 2. The van der Waals surface area contributed by atoms with Gasteiger partial charge in [0.2, 0.25) is 0 Å². The van der Waals surface area contributed by atoms with Gasteiger partial charge < -0.3 is 15.2 Å². The quantitative estimate of drug-likeness (QED) is 0.334. The molecule has 0 fully saturated rings. The van der Waals surface area contributed by atoms with Crippen molar-refractivity contribution < 1.29 is 8.42 Å². The van der Waals surface area contributed by atoms with Crippen molar-refractivity contribution >= 4 is 39.8 Å². The van der Waals surface area contributed by atoms with E-state index in [0.717, 1.165) is 17.1 Å². The van der Waals surface area contributed by atoms with E-state index in [9.17, 15) is 8.42 Å². The van der Waals surface area contributed by atoms with Gasteiger partial charge in [-0.3, -0.25) is 4.99 Å². The zero-order valence-corrected chi connectivity index (χ0v) is 20.2. The van der Waals surface area contributed by atoms with Crippen LogP contribution >= 0.6 is 24.0 Å². The first-order chi connectivity index (χ1) is 12.6. The van der Waals surface area contributed by atoms with Gasteiger partial charge in [0.1, 0.15) is 5.82 Å². The molecule has 0 aliphatic carbocycles.